The first-order valence-electron chi connectivity index (χ1n) is 6.97. The van der Waals surface area contributed by atoms with E-state index < -0.39 is 0 Å². The van der Waals surface area contributed by atoms with E-state index in [1.807, 2.05) is 31.7 Å². The number of rotatable bonds is 5. The lowest BCUT2D eigenvalue weighted by molar-refractivity contribution is -0.131. The summed E-state index contributed by atoms with van der Waals surface area (Å²) >= 11 is 1.59. The molecule has 0 fully saturated rings. The third-order valence-corrected chi connectivity index (χ3v) is 4.28. The Morgan fingerprint density at radius 1 is 1.40 bits per heavy atom. The lowest BCUT2D eigenvalue weighted by Gasteiger charge is -2.23. The van der Waals surface area contributed by atoms with Crippen molar-refractivity contribution in [3.8, 4) is 0 Å². The molecule has 1 unspecified atom stereocenters. The van der Waals surface area contributed by atoms with Crippen molar-refractivity contribution in [3.63, 3.8) is 0 Å². The average molecular weight is 291 g/mol. The highest BCUT2D eigenvalue weighted by Gasteiger charge is 2.19. The summed E-state index contributed by atoms with van der Waals surface area (Å²) in [6.07, 6.45) is 0. The van der Waals surface area contributed by atoms with Gasteiger partial charge in [0.1, 0.15) is 6.04 Å². The lowest BCUT2D eigenvalue weighted by Crippen LogP contribution is -2.41. The first-order valence-corrected chi connectivity index (χ1v) is 7.79. The molecule has 1 aromatic heterocycles. The van der Waals surface area contributed by atoms with Crippen LogP contribution in [0.2, 0.25) is 0 Å². The van der Waals surface area contributed by atoms with Crippen molar-refractivity contribution < 1.29 is 4.79 Å². The van der Waals surface area contributed by atoms with E-state index in [1.165, 1.54) is 5.56 Å². The summed E-state index contributed by atoms with van der Waals surface area (Å²) in [6.45, 7) is 9.42. The molecule has 108 valence electrons. The van der Waals surface area contributed by atoms with Gasteiger partial charge in [-0.05, 0) is 45.4 Å². The van der Waals surface area contributed by atoms with Gasteiger partial charge >= 0.3 is 0 Å². The van der Waals surface area contributed by atoms with Crippen LogP contribution in [0.4, 0.5) is 5.13 Å². The number of fused-ring (bicyclic) bond motifs is 1. The third kappa shape index (κ3) is 3.10. The number of amides is 1. The van der Waals surface area contributed by atoms with E-state index in [0.717, 1.165) is 28.4 Å². The van der Waals surface area contributed by atoms with Gasteiger partial charge in [0, 0.05) is 13.1 Å². The summed E-state index contributed by atoms with van der Waals surface area (Å²) in [4.78, 5) is 18.6. The van der Waals surface area contributed by atoms with E-state index in [2.05, 4.69) is 29.4 Å². The molecule has 4 nitrogen and oxygen atoms in total. The number of hydrogen-bond donors (Lipinski definition) is 1. The number of likely N-dealkylation sites (N-methyl/N-ethyl adjacent to an activating group) is 1. The van der Waals surface area contributed by atoms with Gasteiger partial charge in [-0.1, -0.05) is 17.4 Å². The molecule has 0 bridgehead atoms. The number of hydrogen-bond acceptors (Lipinski definition) is 4. The number of carbonyl (C=O) groups is 1. The van der Waals surface area contributed by atoms with E-state index in [0.29, 0.717) is 0 Å². The van der Waals surface area contributed by atoms with Crippen molar-refractivity contribution in [3.05, 3.63) is 23.8 Å². The highest BCUT2D eigenvalue weighted by Crippen LogP contribution is 2.27. The molecule has 1 heterocycles. The first kappa shape index (κ1) is 14.8. The highest BCUT2D eigenvalue weighted by molar-refractivity contribution is 7.22. The van der Waals surface area contributed by atoms with E-state index in [9.17, 15) is 4.79 Å². The first-order chi connectivity index (χ1) is 9.55. The minimum Gasteiger partial charge on any atom is -0.350 e. The predicted molar refractivity (Wildman–Crippen MR) is 85.4 cm³/mol. The number of nitrogens with one attached hydrogen (secondary N) is 1. The van der Waals surface area contributed by atoms with Crippen LogP contribution in [0.1, 0.15) is 26.3 Å². The van der Waals surface area contributed by atoms with Gasteiger partial charge in [-0.3, -0.25) is 4.79 Å². The maximum atomic E-state index is 12.2. The lowest BCUT2D eigenvalue weighted by atomic mass is 10.2. The van der Waals surface area contributed by atoms with Crippen molar-refractivity contribution in [1.82, 2.24) is 9.88 Å². The molecule has 0 aliphatic carbocycles. The summed E-state index contributed by atoms with van der Waals surface area (Å²) in [5.74, 6) is 0.116. The number of benzene rings is 1. The van der Waals surface area contributed by atoms with Crippen molar-refractivity contribution >= 4 is 32.6 Å². The highest BCUT2D eigenvalue weighted by atomic mass is 32.1. The number of aromatic nitrogens is 1. The second-order valence-corrected chi connectivity index (χ2v) is 5.90. The van der Waals surface area contributed by atoms with Gasteiger partial charge in [0.05, 0.1) is 10.2 Å². The normalized spacial score (nSPS) is 12.4. The van der Waals surface area contributed by atoms with Crippen molar-refractivity contribution in [1.29, 1.82) is 0 Å². The Balaban J connectivity index is 2.13. The zero-order valence-electron chi connectivity index (χ0n) is 12.4. The van der Waals surface area contributed by atoms with Crippen molar-refractivity contribution in [2.75, 3.05) is 18.4 Å². The summed E-state index contributed by atoms with van der Waals surface area (Å²) in [5, 5.41) is 4.02. The second-order valence-electron chi connectivity index (χ2n) is 4.87. The average Bonchev–Trinajstić information content (AvgIpc) is 2.81. The van der Waals surface area contributed by atoms with Crippen LogP contribution in [0.5, 0.6) is 0 Å². The van der Waals surface area contributed by atoms with Crippen LogP contribution in [0.15, 0.2) is 18.2 Å². The number of carbonyl (C=O) groups excluding carboxylic acids is 1. The number of aryl methyl sites for hydroxylation is 1. The van der Waals surface area contributed by atoms with Crippen LogP contribution in [0.3, 0.4) is 0 Å². The van der Waals surface area contributed by atoms with Gasteiger partial charge in [0.15, 0.2) is 5.13 Å². The number of anilines is 1. The number of nitrogens with zero attached hydrogens (tertiary/aromatic N) is 2. The summed E-state index contributed by atoms with van der Waals surface area (Å²) in [7, 11) is 0. The van der Waals surface area contributed by atoms with Crippen LogP contribution in [-0.2, 0) is 4.79 Å². The maximum Gasteiger partial charge on any atom is 0.244 e. The van der Waals surface area contributed by atoms with Crippen LogP contribution in [0, 0.1) is 6.92 Å². The summed E-state index contributed by atoms with van der Waals surface area (Å²) < 4.78 is 1.15. The Morgan fingerprint density at radius 3 is 2.75 bits per heavy atom. The number of thiazole rings is 1. The van der Waals surface area contributed by atoms with Gasteiger partial charge in [0.25, 0.3) is 0 Å². The summed E-state index contributed by atoms with van der Waals surface area (Å²) in [5.41, 5.74) is 2.20. The molecule has 20 heavy (non-hydrogen) atoms. The van der Waals surface area contributed by atoms with E-state index in [4.69, 9.17) is 0 Å². The van der Waals surface area contributed by atoms with Crippen molar-refractivity contribution in [2.24, 2.45) is 0 Å². The molecule has 2 rings (SSSR count). The monoisotopic (exact) mass is 291 g/mol. The second kappa shape index (κ2) is 6.22. The van der Waals surface area contributed by atoms with Gasteiger partial charge in [-0.15, -0.1) is 0 Å². The Bertz CT molecular complexity index is 604. The van der Waals surface area contributed by atoms with Gasteiger partial charge in [-0.2, -0.15) is 0 Å². The summed E-state index contributed by atoms with van der Waals surface area (Å²) in [6, 6.07) is 5.94. The zero-order chi connectivity index (χ0) is 14.7. The standard InChI is InChI=1S/C15H21N3OS/c1-5-18(6-2)14(19)11(4)16-15-17-12-8-7-10(3)9-13(12)20-15/h7-9,11H,5-6H2,1-4H3,(H,16,17). The fourth-order valence-electron chi connectivity index (χ4n) is 2.15. The fraction of sp³-hybridized carbons (Fsp3) is 0.467. The molecule has 2 aromatic rings. The minimum absolute atomic E-state index is 0.116. The largest absolute Gasteiger partial charge is 0.350 e. The Labute approximate surface area is 123 Å². The molecule has 0 aliphatic heterocycles. The minimum atomic E-state index is -0.253. The van der Waals surface area contributed by atoms with Crippen LogP contribution >= 0.6 is 11.3 Å². The molecule has 0 spiro atoms. The predicted octanol–water partition coefficient (Wildman–Crippen LogP) is 3.27. The SMILES string of the molecule is CCN(CC)C(=O)C(C)Nc1nc2ccc(C)cc2s1. The molecule has 1 atom stereocenters. The molecule has 0 saturated carbocycles. The van der Waals surface area contributed by atoms with Crippen LogP contribution in [0.25, 0.3) is 10.2 Å². The molecular weight excluding hydrogens is 270 g/mol. The van der Waals surface area contributed by atoms with Gasteiger partial charge in [0.2, 0.25) is 5.91 Å². The topological polar surface area (TPSA) is 45.2 Å². The van der Waals surface area contributed by atoms with E-state index in [1.54, 1.807) is 11.3 Å². The third-order valence-electron chi connectivity index (χ3n) is 3.33. The molecule has 0 saturated heterocycles. The van der Waals surface area contributed by atoms with Gasteiger partial charge in [-0.25, -0.2) is 4.98 Å². The van der Waals surface area contributed by atoms with Crippen molar-refractivity contribution in [2.45, 2.75) is 33.7 Å². The van der Waals surface area contributed by atoms with E-state index >= 15 is 0 Å². The molecule has 0 aliphatic rings. The van der Waals surface area contributed by atoms with Crippen LogP contribution < -0.4 is 5.32 Å². The molecular formula is C15H21N3OS. The Morgan fingerprint density at radius 2 is 2.10 bits per heavy atom. The maximum absolute atomic E-state index is 12.2. The smallest absolute Gasteiger partial charge is 0.244 e. The molecule has 0 radical (unpaired) electrons. The Hall–Kier alpha value is -1.62. The van der Waals surface area contributed by atoms with Crippen LogP contribution in [-0.4, -0.2) is 34.9 Å². The zero-order valence-corrected chi connectivity index (χ0v) is 13.3. The molecule has 1 amide bonds. The molecule has 5 heteroatoms. The van der Waals surface area contributed by atoms with Gasteiger partial charge < -0.3 is 10.2 Å². The fourth-order valence-corrected chi connectivity index (χ4v) is 3.20. The quantitative estimate of drug-likeness (QED) is 0.919. The molecule has 1 aromatic carbocycles. The van der Waals surface area contributed by atoms with E-state index in [-0.39, 0.29) is 11.9 Å². The molecule has 1 N–H and O–H groups in total. The Kier molecular flexibility index (Phi) is 4.60.